The van der Waals surface area contributed by atoms with Crippen LogP contribution in [0.25, 0.3) is 0 Å². The molecule has 4 heteroatoms. The second kappa shape index (κ2) is 7.53. The van der Waals surface area contributed by atoms with Crippen LogP contribution in [-0.2, 0) is 4.79 Å². The molecule has 21 heavy (non-hydrogen) atoms. The fourth-order valence-corrected chi connectivity index (χ4v) is 2.95. The Morgan fingerprint density at radius 3 is 2.29 bits per heavy atom. The lowest BCUT2D eigenvalue weighted by atomic mass is 10.1. The minimum atomic E-state index is -0.137. The Morgan fingerprint density at radius 1 is 1.05 bits per heavy atom. The second-order valence-electron chi connectivity index (χ2n) is 4.85. The smallest absolute Gasteiger partial charge is 0.233 e. The van der Waals surface area contributed by atoms with Crippen molar-refractivity contribution in [3.63, 3.8) is 0 Å². The first-order valence-electron chi connectivity index (χ1n) is 6.84. The van der Waals surface area contributed by atoms with E-state index in [-0.39, 0.29) is 17.2 Å². The number of thioether (sulfide) groups is 1. The van der Waals surface area contributed by atoms with E-state index in [2.05, 4.69) is 5.32 Å². The van der Waals surface area contributed by atoms with E-state index in [1.165, 1.54) is 0 Å². The number of amides is 1. The van der Waals surface area contributed by atoms with Crippen LogP contribution in [0.4, 0.5) is 0 Å². The van der Waals surface area contributed by atoms with Crippen LogP contribution >= 0.6 is 23.4 Å². The van der Waals surface area contributed by atoms with Crippen LogP contribution < -0.4 is 5.32 Å². The fourth-order valence-electron chi connectivity index (χ4n) is 1.92. The lowest BCUT2D eigenvalue weighted by molar-refractivity contribution is -0.120. The first kappa shape index (κ1) is 15.9. The Bertz CT molecular complexity index is 585. The SMILES string of the molecule is CC(Sc1ccccc1)C(=O)NC(C)c1ccc(Cl)cc1. The van der Waals surface area contributed by atoms with Crippen LogP contribution in [0.15, 0.2) is 59.5 Å². The summed E-state index contributed by atoms with van der Waals surface area (Å²) in [6, 6.07) is 17.4. The summed E-state index contributed by atoms with van der Waals surface area (Å²) in [7, 11) is 0. The number of carbonyl (C=O) groups is 1. The van der Waals surface area contributed by atoms with Gasteiger partial charge in [-0.2, -0.15) is 0 Å². The van der Waals surface area contributed by atoms with E-state index in [1.807, 2.05) is 68.4 Å². The van der Waals surface area contributed by atoms with Crippen molar-refractivity contribution < 1.29 is 4.79 Å². The molecule has 0 heterocycles. The van der Waals surface area contributed by atoms with Crippen LogP contribution in [-0.4, -0.2) is 11.2 Å². The molecular formula is C17H18ClNOS. The first-order chi connectivity index (χ1) is 10.1. The highest BCUT2D eigenvalue weighted by Crippen LogP contribution is 2.23. The summed E-state index contributed by atoms with van der Waals surface area (Å²) in [5.41, 5.74) is 1.05. The van der Waals surface area contributed by atoms with Crippen LogP contribution in [0.1, 0.15) is 25.5 Å². The number of carbonyl (C=O) groups excluding carboxylic acids is 1. The standard InChI is InChI=1S/C17H18ClNOS/c1-12(14-8-10-15(18)11-9-14)19-17(20)13(2)21-16-6-4-3-5-7-16/h3-13H,1-2H3,(H,19,20). The maximum atomic E-state index is 12.2. The number of nitrogens with one attached hydrogen (secondary N) is 1. The summed E-state index contributed by atoms with van der Waals surface area (Å²) in [5, 5.41) is 3.60. The van der Waals surface area contributed by atoms with Gasteiger partial charge in [-0.15, -0.1) is 11.8 Å². The predicted molar refractivity (Wildman–Crippen MR) is 89.8 cm³/mol. The number of hydrogen-bond acceptors (Lipinski definition) is 2. The molecular weight excluding hydrogens is 302 g/mol. The Labute approximate surface area is 134 Å². The van der Waals surface area contributed by atoms with Gasteiger partial charge in [0, 0.05) is 9.92 Å². The molecule has 0 aliphatic heterocycles. The summed E-state index contributed by atoms with van der Waals surface area (Å²) in [4.78, 5) is 13.3. The zero-order valence-corrected chi connectivity index (χ0v) is 13.6. The van der Waals surface area contributed by atoms with Gasteiger partial charge in [0.2, 0.25) is 5.91 Å². The minimum absolute atomic E-state index is 0.0336. The van der Waals surface area contributed by atoms with Gasteiger partial charge in [-0.1, -0.05) is 41.9 Å². The van der Waals surface area contributed by atoms with Crippen molar-refractivity contribution in [2.45, 2.75) is 30.0 Å². The van der Waals surface area contributed by atoms with Gasteiger partial charge in [0.1, 0.15) is 0 Å². The molecule has 2 nitrogen and oxygen atoms in total. The summed E-state index contributed by atoms with van der Waals surface area (Å²) < 4.78 is 0. The molecule has 2 rings (SSSR count). The second-order valence-corrected chi connectivity index (χ2v) is 6.71. The Balaban J connectivity index is 1.92. The Kier molecular flexibility index (Phi) is 5.71. The number of halogens is 1. The van der Waals surface area contributed by atoms with E-state index in [4.69, 9.17) is 11.6 Å². The Hall–Kier alpha value is -1.45. The molecule has 2 atom stereocenters. The van der Waals surface area contributed by atoms with Crippen molar-refractivity contribution in [2.24, 2.45) is 0 Å². The van der Waals surface area contributed by atoms with Crippen molar-refractivity contribution in [3.8, 4) is 0 Å². The molecule has 0 spiro atoms. The largest absolute Gasteiger partial charge is 0.349 e. The highest BCUT2D eigenvalue weighted by atomic mass is 35.5. The molecule has 0 bridgehead atoms. The number of hydrogen-bond donors (Lipinski definition) is 1. The van der Waals surface area contributed by atoms with Gasteiger partial charge in [-0.3, -0.25) is 4.79 Å². The van der Waals surface area contributed by atoms with Gasteiger partial charge in [-0.25, -0.2) is 0 Å². The monoisotopic (exact) mass is 319 g/mol. The zero-order valence-electron chi connectivity index (χ0n) is 12.0. The van der Waals surface area contributed by atoms with Gasteiger partial charge in [0.05, 0.1) is 11.3 Å². The summed E-state index contributed by atoms with van der Waals surface area (Å²) in [5.74, 6) is 0.0336. The van der Waals surface area contributed by atoms with Crippen molar-refractivity contribution in [1.82, 2.24) is 5.32 Å². The van der Waals surface area contributed by atoms with Crippen molar-refractivity contribution >= 4 is 29.3 Å². The third-order valence-corrected chi connectivity index (χ3v) is 4.52. The van der Waals surface area contributed by atoms with Gasteiger partial charge < -0.3 is 5.32 Å². The average Bonchev–Trinajstić information content (AvgIpc) is 2.48. The molecule has 0 aromatic heterocycles. The summed E-state index contributed by atoms with van der Waals surface area (Å²) in [6.45, 7) is 3.89. The van der Waals surface area contributed by atoms with Crippen LogP contribution in [0.5, 0.6) is 0 Å². The lowest BCUT2D eigenvalue weighted by Crippen LogP contribution is -2.33. The lowest BCUT2D eigenvalue weighted by Gasteiger charge is -2.18. The molecule has 0 aliphatic carbocycles. The maximum absolute atomic E-state index is 12.2. The molecule has 2 aromatic carbocycles. The number of benzene rings is 2. The van der Waals surface area contributed by atoms with E-state index in [0.717, 1.165) is 10.5 Å². The molecule has 0 saturated heterocycles. The third-order valence-electron chi connectivity index (χ3n) is 3.15. The molecule has 0 aliphatic rings. The first-order valence-corrected chi connectivity index (χ1v) is 8.09. The van der Waals surface area contributed by atoms with Crippen molar-refractivity contribution in [2.75, 3.05) is 0 Å². The van der Waals surface area contributed by atoms with Gasteiger partial charge in [0.25, 0.3) is 0 Å². The zero-order chi connectivity index (χ0) is 15.2. The average molecular weight is 320 g/mol. The van der Waals surface area contributed by atoms with Gasteiger partial charge in [-0.05, 0) is 43.7 Å². The fraction of sp³-hybridized carbons (Fsp3) is 0.235. The van der Waals surface area contributed by atoms with Crippen LogP contribution in [0.2, 0.25) is 5.02 Å². The van der Waals surface area contributed by atoms with E-state index in [0.29, 0.717) is 5.02 Å². The topological polar surface area (TPSA) is 29.1 Å². The molecule has 2 aromatic rings. The minimum Gasteiger partial charge on any atom is -0.349 e. The predicted octanol–water partition coefficient (Wildman–Crippen LogP) is 4.70. The van der Waals surface area contributed by atoms with Crippen LogP contribution in [0, 0.1) is 0 Å². The van der Waals surface area contributed by atoms with E-state index in [1.54, 1.807) is 11.8 Å². The third kappa shape index (κ3) is 4.80. The van der Waals surface area contributed by atoms with Gasteiger partial charge in [0.15, 0.2) is 0 Å². The maximum Gasteiger partial charge on any atom is 0.233 e. The van der Waals surface area contributed by atoms with Gasteiger partial charge >= 0.3 is 0 Å². The van der Waals surface area contributed by atoms with Crippen molar-refractivity contribution in [1.29, 1.82) is 0 Å². The molecule has 2 unspecified atom stereocenters. The highest BCUT2D eigenvalue weighted by molar-refractivity contribution is 8.00. The quantitative estimate of drug-likeness (QED) is 0.809. The van der Waals surface area contributed by atoms with E-state index < -0.39 is 0 Å². The number of rotatable bonds is 5. The Morgan fingerprint density at radius 2 is 1.67 bits per heavy atom. The highest BCUT2D eigenvalue weighted by Gasteiger charge is 2.17. The molecule has 0 radical (unpaired) electrons. The molecule has 1 amide bonds. The normalized spacial score (nSPS) is 13.5. The van der Waals surface area contributed by atoms with Crippen LogP contribution in [0.3, 0.4) is 0 Å². The molecule has 1 N–H and O–H groups in total. The summed E-state index contributed by atoms with van der Waals surface area (Å²) >= 11 is 7.43. The van der Waals surface area contributed by atoms with E-state index in [9.17, 15) is 4.79 Å². The van der Waals surface area contributed by atoms with E-state index >= 15 is 0 Å². The molecule has 0 saturated carbocycles. The molecule has 0 fully saturated rings. The van der Waals surface area contributed by atoms with Crippen molar-refractivity contribution in [3.05, 3.63) is 65.2 Å². The molecule has 110 valence electrons. The summed E-state index contributed by atoms with van der Waals surface area (Å²) in [6.07, 6.45) is 0.